The second-order valence-electron chi connectivity index (χ2n) is 8.94. The number of rotatable bonds is 8. The molecular formula is C31H24ClFN4O2. The van der Waals surface area contributed by atoms with Gasteiger partial charge in [0.15, 0.2) is 0 Å². The van der Waals surface area contributed by atoms with E-state index in [0.29, 0.717) is 16.3 Å². The number of carbonyl (C=O) groups excluding carboxylic acids is 2. The maximum absolute atomic E-state index is 15.0. The van der Waals surface area contributed by atoms with Crippen LogP contribution in [0, 0.1) is 5.82 Å². The van der Waals surface area contributed by atoms with Crippen molar-refractivity contribution >= 4 is 52.2 Å². The van der Waals surface area contributed by atoms with Gasteiger partial charge in [-0.25, -0.2) is 4.39 Å². The first-order chi connectivity index (χ1) is 19.0. The zero-order valence-electron chi connectivity index (χ0n) is 20.7. The molecule has 0 saturated carbocycles. The first-order valence-electron chi connectivity index (χ1n) is 12.3. The number of hydrogen-bond acceptors (Lipinski definition) is 3. The number of pyridine rings is 1. The molecule has 2 heterocycles. The number of benzene rings is 3. The highest BCUT2D eigenvalue weighted by Gasteiger charge is 2.25. The molecule has 0 radical (unpaired) electrons. The van der Waals surface area contributed by atoms with Crippen LogP contribution in [0.15, 0.2) is 97.5 Å². The van der Waals surface area contributed by atoms with Crippen molar-refractivity contribution in [2.45, 2.75) is 12.5 Å². The van der Waals surface area contributed by atoms with Crippen LogP contribution in [-0.2, 0) is 11.2 Å². The van der Waals surface area contributed by atoms with E-state index in [0.717, 1.165) is 22.0 Å². The third-order valence-electron chi connectivity index (χ3n) is 6.24. The molecule has 0 spiro atoms. The Labute approximate surface area is 229 Å². The van der Waals surface area contributed by atoms with E-state index < -0.39 is 23.7 Å². The minimum atomic E-state index is -0.964. The molecule has 0 bridgehead atoms. The fourth-order valence-corrected chi connectivity index (χ4v) is 4.34. The summed E-state index contributed by atoms with van der Waals surface area (Å²) in [4.78, 5) is 33.6. The van der Waals surface area contributed by atoms with Crippen molar-refractivity contribution in [2.75, 3.05) is 5.32 Å². The van der Waals surface area contributed by atoms with Crippen molar-refractivity contribution in [3.63, 3.8) is 0 Å². The molecule has 3 N–H and O–H groups in total. The summed E-state index contributed by atoms with van der Waals surface area (Å²) in [6.07, 6.45) is 8.70. The van der Waals surface area contributed by atoms with Gasteiger partial charge in [-0.1, -0.05) is 60.2 Å². The third-order valence-corrected chi connectivity index (χ3v) is 6.50. The highest BCUT2D eigenvalue weighted by Crippen LogP contribution is 2.21. The fraction of sp³-hybridized carbons (Fsp3) is 0.0645. The second kappa shape index (κ2) is 11.8. The third kappa shape index (κ3) is 6.40. The summed E-state index contributed by atoms with van der Waals surface area (Å²) in [5.41, 5.74) is 3.64. The summed E-state index contributed by atoms with van der Waals surface area (Å²) in [5.74, 6) is -1.80. The van der Waals surface area contributed by atoms with Gasteiger partial charge in [-0.3, -0.25) is 14.6 Å². The maximum Gasteiger partial charge on any atom is 0.254 e. The van der Waals surface area contributed by atoms with Gasteiger partial charge < -0.3 is 15.6 Å². The Kier molecular flexibility index (Phi) is 7.80. The largest absolute Gasteiger partial charge is 0.361 e. The first-order valence-corrected chi connectivity index (χ1v) is 12.6. The number of fused-ring (bicyclic) bond motifs is 1. The fourth-order valence-electron chi connectivity index (χ4n) is 4.22. The lowest BCUT2D eigenvalue weighted by molar-refractivity contribution is -0.118. The highest BCUT2D eigenvalue weighted by atomic mass is 35.5. The Morgan fingerprint density at radius 3 is 2.44 bits per heavy atom. The molecule has 39 heavy (non-hydrogen) atoms. The Balaban J connectivity index is 1.35. The Hall–Kier alpha value is -4.75. The van der Waals surface area contributed by atoms with E-state index in [2.05, 4.69) is 20.6 Å². The summed E-state index contributed by atoms with van der Waals surface area (Å²) < 4.78 is 15.0. The maximum atomic E-state index is 15.0. The molecule has 5 rings (SSSR count). The van der Waals surface area contributed by atoms with Crippen LogP contribution in [0.4, 0.5) is 10.1 Å². The van der Waals surface area contributed by atoms with Crippen LogP contribution in [0.25, 0.3) is 23.1 Å². The van der Waals surface area contributed by atoms with E-state index in [1.165, 1.54) is 12.1 Å². The van der Waals surface area contributed by atoms with Crippen LogP contribution in [0.5, 0.6) is 0 Å². The Bertz CT molecular complexity index is 1650. The summed E-state index contributed by atoms with van der Waals surface area (Å²) in [6, 6.07) is 21.6. The van der Waals surface area contributed by atoms with Crippen molar-refractivity contribution < 1.29 is 14.0 Å². The minimum Gasteiger partial charge on any atom is -0.361 e. The molecule has 8 heteroatoms. The Morgan fingerprint density at radius 1 is 0.949 bits per heavy atom. The van der Waals surface area contributed by atoms with Gasteiger partial charge >= 0.3 is 0 Å². The van der Waals surface area contributed by atoms with E-state index in [9.17, 15) is 9.59 Å². The summed E-state index contributed by atoms with van der Waals surface area (Å²) in [6.45, 7) is 0. The smallest absolute Gasteiger partial charge is 0.254 e. The molecule has 194 valence electrons. The number of H-pyrrole nitrogens is 1. The van der Waals surface area contributed by atoms with Gasteiger partial charge in [0.2, 0.25) is 5.91 Å². The van der Waals surface area contributed by atoms with Gasteiger partial charge in [-0.05, 0) is 59.2 Å². The molecule has 2 amide bonds. The van der Waals surface area contributed by atoms with E-state index in [-0.39, 0.29) is 12.0 Å². The Morgan fingerprint density at radius 2 is 1.67 bits per heavy atom. The molecule has 2 aromatic heterocycles. The minimum absolute atomic E-state index is 0.153. The van der Waals surface area contributed by atoms with Crippen LogP contribution >= 0.6 is 11.6 Å². The van der Waals surface area contributed by atoms with E-state index in [4.69, 9.17) is 11.6 Å². The van der Waals surface area contributed by atoms with Crippen molar-refractivity contribution in [3.05, 3.63) is 131 Å². The number of amides is 2. The summed E-state index contributed by atoms with van der Waals surface area (Å²) >= 11 is 5.92. The lowest BCUT2D eigenvalue weighted by atomic mass is 10.0. The van der Waals surface area contributed by atoms with E-state index in [1.54, 1.807) is 48.8 Å². The quantitative estimate of drug-likeness (QED) is 0.197. The monoisotopic (exact) mass is 538 g/mol. The van der Waals surface area contributed by atoms with Crippen LogP contribution in [-0.4, -0.2) is 27.8 Å². The number of nitrogens with one attached hydrogen (secondary N) is 3. The SMILES string of the molecule is O=C(N[C@@H](Cc1c[nH]c2ccccc12)C(=O)Nc1ccncc1)c1ccc(/C=C/c2ccc(Cl)cc2)cc1F. The highest BCUT2D eigenvalue weighted by molar-refractivity contribution is 6.30. The number of carbonyl (C=O) groups is 2. The molecule has 0 saturated heterocycles. The average molecular weight is 539 g/mol. The number of aromatic nitrogens is 2. The van der Waals surface area contributed by atoms with Gasteiger partial charge in [-0.2, -0.15) is 0 Å². The number of nitrogens with zero attached hydrogens (tertiary/aromatic N) is 1. The topological polar surface area (TPSA) is 86.9 Å². The number of hydrogen-bond donors (Lipinski definition) is 3. The number of para-hydroxylation sites is 1. The zero-order valence-corrected chi connectivity index (χ0v) is 21.5. The molecule has 5 aromatic rings. The predicted molar refractivity (Wildman–Crippen MR) is 153 cm³/mol. The molecule has 3 aromatic carbocycles. The molecule has 0 aliphatic rings. The van der Waals surface area contributed by atoms with Crippen molar-refractivity contribution in [1.82, 2.24) is 15.3 Å². The van der Waals surface area contributed by atoms with Crippen LogP contribution in [0.2, 0.25) is 5.02 Å². The summed E-state index contributed by atoms with van der Waals surface area (Å²) in [5, 5.41) is 7.10. The van der Waals surface area contributed by atoms with Crippen molar-refractivity contribution in [2.24, 2.45) is 0 Å². The molecule has 1 atom stereocenters. The van der Waals surface area contributed by atoms with Crippen LogP contribution in [0.1, 0.15) is 27.0 Å². The average Bonchev–Trinajstić information content (AvgIpc) is 3.35. The molecule has 0 aliphatic heterocycles. The zero-order chi connectivity index (χ0) is 27.2. The van der Waals surface area contributed by atoms with Crippen LogP contribution < -0.4 is 10.6 Å². The molecule has 6 nitrogen and oxygen atoms in total. The molecule has 0 unspecified atom stereocenters. The van der Waals surface area contributed by atoms with Gasteiger partial charge in [-0.15, -0.1) is 0 Å². The van der Waals surface area contributed by atoms with Gasteiger partial charge in [0.05, 0.1) is 5.56 Å². The lowest BCUT2D eigenvalue weighted by Crippen LogP contribution is -2.45. The second-order valence-corrected chi connectivity index (χ2v) is 9.38. The van der Waals surface area contributed by atoms with E-state index in [1.807, 2.05) is 48.7 Å². The van der Waals surface area contributed by atoms with Gasteiger partial charge in [0, 0.05) is 46.6 Å². The van der Waals surface area contributed by atoms with Crippen molar-refractivity contribution in [3.8, 4) is 0 Å². The van der Waals surface area contributed by atoms with Gasteiger partial charge in [0.25, 0.3) is 5.91 Å². The standard InChI is InChI=1S/C31H24ClFN4O2/c32-23-10-7-20(8-11-23)5-6-21-9-12-26(27(33)17-21)30(38)37-29(31(39)36-24-13-15-34-16-14-24)18-22-19-35-28-4-2-1-3-25(22)28/h1-17,19,29,35H,18H2,(H,37,38)(H,34,36,39)/b6-5+/t29-/m0/s1. The normalized spacial score (nSPS) is 11.9. The predicted octanol–water partition coefficient (Wildman–Crippen LogP) is 6.51. The first kappa shape index (κ1) is 25.9. The molecular weight excluding hydrogens is 515 g/mol. The number of anilines is 1. The van der Waals surface area contributed by atoms with Crippen LogP contribution in [0.3, 0.4) is 0 Å². The molecule has 0 fully saturated rings. The van der Waals surface area contributed by atoms with E-state index >= 15 is 4.39 Å². The summed E-state index contributed by atoms with van der Waals surface area (Å²) in [7, 11) is 0. The lowest BCUT2D eigenvalue weighted by Gasteiger charge is -2.19. The van der Waals surface area contributed by atoms with Crippen molar-refractivity contribution in [1.29, 1.82) is 0 Å². The van der Waals surface area contributed by atoms with Gasteiger partial charge in [0.1, 0.15) is 11.9 Å². The molecule has 0 aliphatic carbocycles. The number of halogens is 2. The number of aromatic amines is 1.